The third kappa shape index (κ3) is 2.79. The van der Waals surface area contributed by atoms with E-state index in [1.54, 1.807) is 0 Å². The number of carbonyl (C=O) groups is 3. The van der Waals surface area contributed by atoms with Crippen LogP contribution < -0.4 is 0 Å². The Hall–Kier alpha value is -2.43. The van der Waals surface area contributed by atoms with Gasteiger partial charge >= 0.3 is 5.97 Å². The smallest absolute Gasteiger partial charge is 0.311 e. The minimum absolute atomic E-state index is 0.341. The topological polar surface area (TPSA) is 63.7 Å². The Morgan fingerprint density at radius 2 is 1.91 bits per heavy atom. The molecule has 2 atom stereocenters. The molecule has 120 valence electrons. The van der Waals surface area contributed by atoms with Crippen LogP contribution in [0.25, 0.3) is 0 Å². The van der Waals surface area contributed by atoms with E-state index in [2.05, 4.69) is 0 Å². The van der Waals surface area contributed by atoms with Gasteiger partial charge in [0.05, 0.1) is 18.6 Å². The first-order valence-corrected chi connectivity index (χ1v) is 7.93. The second-order valence-electron chi connectivity index (χ2n) is 5.86. The normalized spacial score (nSPS) is 22.6. The van der Waals surface area contributed by atoms with Crippen LogP contribution in [0.3, 0.4) is 0 Å². The van der Waals surface area contributed by atoms with Crippen LogP contribution in [-0.4, -0.2) is 29.3 Å². The summed E-state index contributed by atoms with van der Waals surface area (Å²) in [4.78, 5) is 37.8. The Kier molecular flexibility index (Phi) is 4.28. The van der Waals surface area contributed by atoms with Crippen LogP contribution in [0.2, 0.25) is 0 Å². The van der Waals surface area contributed by atoms with Gasteiger partial charge in [0.25, 0.3) is 11.8 Å². The number of rotatable bonds is 5. The summed E-state index contributed by atoms with van der Waals surface area (Å²) >= 11 is 0. The van der Waals surface area contributed by atoms with E-state index in [0.717, 1.165) is 24.0 Å². The Balaban J connectivity index is 1.89. The molecule has 0 fully saturated rings. The van der Waals surface area contributed by atoms with Crippen molar-refractivity contribution in [3.05, 3.63) is 47.5 Å². The lowest BCUT2D eigenvalue weighted by Crippen LogP contribution is -2.39. The van der Waals surface area contributed by atoms with Gasteiger partial charge in [-0.3, -0.25) is 19.3 Å². The van der Waals surface area contributed by atoms with E-state index < -0.39 is 12.0 Å². The summed E-state index contributed by atoms with van der Waals surface area (Å²) in [5.74, 6) is -1.62. The molecule has 0 unspecified atom stereocenters. The first-order valence-electron chi connectivity index (χ1n) is 7.93. The lowest BCUT2D eigenvalue weighted by molar-refractivity contribution is -0.153. The fraction of sp³-hybridized carbons (Fsp3) is 0.389. The van der Waals surface area contributed by atoms with Gasteiger partial charge in [-0.25, -0.2) is 0 Å². The van der Waals surface area contributed by atoms with E-state index in [0.29, 0.717) is 13.0 Å². The summed E-state index contributed by atoms with van der Waals surface area (Å²) in [7, 11) is 0. The molecule has 5 heteroatoms. The number of amides is 2. The lowest BCUT2D eigenvalue weighted by Gasteiger charge is -2.27. The van der Waals surface area contributed by atoms with Gasteiger partial charge in [0.15, 0.2) is 0 Å². The van der Waals surface area contributed by atoms with Crippen LogP contribution in [0.5, 0.6) is 0 Å². The van der Waals surface area contributed by atoms with Crippen molar-refractivity contribution in [3.63, 3.8) is 0 Å². The maximum Gasteiger partial charge on any atom is 0.311 e. The Bertz CT molecular complexity index is 661. The number of fused-ring (bicyclic) bond motifs is 1. The van der Waals surface area contributed by atoms with Gasteiger partial charge in [0.2, 0.25) is 0 Å². The summed E-state index contributed by atoms with van der Waals surface area (Å²) in [6.45, 7) is 2.39. The monoisotopic (exact) mass is 313 g/mol. The van der Waals surface area contributed by atoms with Gasteiger partial charge in [-0.15, -0.1) is 0 Å². The van der Waals surface area contributed by atoms with E-state index in [1.165, 1.54) is 17.1 Å². The van der Waals surface area contributed by atoms with Gasteiger partial charge in [-0.2, -0.15) is 0 Å². The number of esters is 1. The zero-order valence-electron chi connectivity index (χ0n) is 13.0. The van der Waals surface area contributed by atoms with E-state index in [4.69, 9.17) is 4.74 Å². The second kappa shape index (κ2) is 6.36. The first kappa shape index (κ1) is 15.5. The van der Waals surface area contributed by atoms with Crippen molar-refractivity contribution < 1.29 is 19.1 Å². The molecule has 1 aromatic carbocycles. The Labute approximate surface area is 134 Å². The van der Waals surface area contributed by atoms with Gasteiger partial charge in [-0.1, -0.05) is 37.6 Å². The molecule has 2 amide bonds. The molecule has 0 aromatic heterocycles. The van der Waals surface area contributed by atoms with Crippen LogP contribution in [0.4, 0.5) is 0 Å². The highest BCUT2D eigenvalue weighted by Gasteiger charge is 2.46. The Morgan fingerprint density at radius 3 is 2.61 bits per heavy atom. The number of hydrogen-bond donors (Lipinski definition) is 0. The average Bonchev–Trinajstić information content (AvgIpc) is 3.07. The number of ether oxygens (including phenoxy) is 1. The third-order valence-electron chi connectivity index (χ3n) is 4.36. The molecule has 1 aliphatic heterocycles. The highest BCUT2D eigenvalue weighted by molar-refractivity contribution is 6.13. The number of imide groups is 1. The van der Waals surface area contributed by atoms with Gasteiger partial charge < -0.3 is 4.74 Å². The summed E-state index contributed by atoms with van der Waals surface area (Å²) < 4.78 is 5.35. The van der Waals surface area contributed by atoms with Crippen molar-refractivity contribution in [2.24, 2.45) is 5.92 Å². The SMILES string of the molecule is CCCCOC(=O)[C@H]1Cc2ccccc2[C@H]1N1C(=O)C=CC1=O. The fourth-order valence-electron chi connectivity index (χ4n) is 3.22. The van der Waals surface area contributed by atoms with Crippen molar-refractivity contribution in [3.8, 4) is 0 Å². The number of nitrogens with zero attached hydrogens (tertiary/aromatic N) is 1. The number of hydrogen-bond acceptors (Lipinski definition) is 4. The van der Waals surface area contributed by atoms with E-state index in [9.17, 15) is 14.4 Å². The molecule has 1 aromatic rings. The highest BCUT2D eigenvalue weighted by atomic mass is 16.5. The molecule has 23 heavy (non-hydrogen) atoms. The average molecular weight is 313 g/mol. The van der Waals surface area contributed by atoms with Crippen LogP contribution in [-0.2, 0) is 25.5 Å². The number of benzene rings is 1. The molecular formula is C18H19NO4. The van der Waals surface area contributed by atoms with E-state index in [1.807, 2.05) is 31.2 Å². The van der Waals surface area contributed by atoms with Crippen molar-refractivity contribution >= 4 is 17.8 Å². The summed E-state index contributed by atoms with van der Waals surface area (Å²) in [6.07, 6.45) is 4.74. The van der Waals surface area contributed by atoms with Gasteiger partial charge in [-0.05, 0) is 24.0 Å². The minimum Gasteiger partial charge on any atom is -0.465 e. The van der Waals surface area contributed by atoms with Crippen LogP contribution in [0.15, 0.2) is 36.4 Å². The molecule has 2 aliphatic rings. The molecule has 0 saturated carbocycles. The predicted molar refractivity (Wildman–Crippen MR) is 83.2 cm³/mol. The standard InChI is InChI=1S/C18H19NO4/c1-2-3-10-23-18(22)14-11-12-6-4-5-7-13(12)17(14)19-15(20)8-9-16(19)21/h4-9,14,17H,2-3,10-11H2,1H3/t14-,17+/m0/s1. The predicted octanol–water partition coefficient (Wildman–Crippen LogP) is 2.17. The van der Waals surface area contributed by atoms with E-state index >= 15 is 0 Å². The second-order valence-corrected chi connectivity index (χ2v) is 5.86. The lowest BCUT2D eigenvalue weighted by atomic mass is 9.99. The molecule has 1 aliphatic carbocycles. The largest absolute Gasteiger partial charge is 0.465 e. The number of carbonyl (C=O) groups excluding carboxylic acids is 3. The van der Waals surface area contributed by atoms with Crippen LogP contribution in [0, 0.1) is 5.92 Å². The van der Waals surface area contributed by atoms with Gasteiger partial charge in [0, 0.05) is 12.2 Å². The molecule has 0 spiro atoms. The highest BCUT2D eigenvalue weighted by Crippen LogP contribution is 2.42. The van der Waals surface area contributed by atoms with Gasteiger partial charge in [0.1, 0.15) is 0 Å². The molecule has 3 rings (SSSR count). The molecule has 0 bridgehead atoms. The molecule has 0 saturated heterocycles. The quantitative estimate of drug-likeness (QED) is 0.475. The summed E-state index contributed by atoms with van der Waals surface area (Å²) in [5.41, 5.74) is 1.85. The molecule has 5 nitrogen and oxygen atoms in total. The molecule has 1 heterocycles. The van der Waals surface area contributed by atoms with Crippen molar-refractivity contribution in [2.45, 2.75) is 32.2 Å². The third-order valence-corrected chi connectivity index (χ3v) is 4.36. The van der Waals surface area contributed by atoms with Crippen molar-refractivity contribution in [1.29, 1.82) is 0 Å². The molecule has 0 N–H and O–H groups in total. The molecular weight excluding hydrogens is 294 g/mol. The van der Waals surface area contributed by atoms with E-state index in [-0.39, 0.29) is 17.8 Å². The maximum atomic E-state index is 12.5. The fourth-order valence-corrected chi connectivity index (χ4v) is 3.22. The first-order chi connectivity index (χ1) is 11.1. The minimum atomic E-state index is -0.574. The zero-order chi connectivity index (χ0) is 16.4. The summed E-state index contributed by atoms with van der Waals surface area (Å²) in [6, 6.07) is 6.98. The molecule has 0 radical (unpaired) electrons. The maximum absolute atomic E-state index is 12.5. The summed E-state index contributed by atoms with van der Waals surface area (Å²) in [5, 5.41) is 0. The Morgan fingerprint density at radius 1 is 1.22 bits per heavy atom. The van der Waals surface area contributed by atoms with Crippen LogP contribution >= 0.6 is 0 Å². The zero-order valence-corrected chi connectivity index (χ0v) is 13.0. The van der Waals surface area contributed by atoms with Crippen LogP contribution in [0.1, 0.15) is 36.9 Å². The number of unbranched alkanes of at least 4 members (excludes halogenated alkanes) is 1. The van der Waals surface area contributed by atoms with Crippen molar-refractivity contribution in [1.82, 2.24) is 4.90 Å². The van der Waals surface area contributed by atoms with Crippen molar-refractivity contribution in [2.75, 3.05) is 6.61 Å².